The van der Waals surface area contributed by atoms with Gasteiger partial charge in [-0.2, -0.15) is 10.2 Å². The number of hydrogen-bond donors (Lipinski definition) is 0. The summed E-state index contributed by atoms with van der Waals surface area (Å²) in [7, 11) is 0. The standard InChI is InChI=1S/C19H21BrN4.C19H22N4/c20-18-13-22-24-14-17(12-21-19(18)24)16-6-4-15(5-7-16)8-11-23-9-2-1-3-10-23;1-2-11-22(12-3-1)13-9-16-4-6-17(7-5-16)18-14-20-19-8-10-21-23(19)15-18/h4-7,12-14H,1-3,8-11H2;4-8,10,14-15H,1-3,9,11-13H2. The van der Waals surface area contributed by atoms with Crippen LogP contribution in [-0.4, -0.2) is 78.3 Å². The third-order valence-corrected chi connectivity index (χ3v) is 10.0. The fraction of sp³-hybridized carbons (Fsp3) is 0.368. The lowest BCUT2D eigenvalue weighted by Gasteiger charge is -2.26. The van der Waals surface area contributed by atoms with Gasteiger partial charge in [0, 0.05) is 55.1 Å². The van der Waals surface area contributed by atoms with Gasteiger partial charge in [0.15, 0.2) is 11.3 Å². The lowest BCUT2D eigenvalue weighted by molar-refractivity contribution is 0.231. The van der Waals surface area contributed by atoms with Gasteiger partial charge in [-0.05, 0) is 103 Å². The van der Waals surface area contributed by atoms with Crippen LogP contribution in [0.5, 0.6) is 0 Å². The van der Waals surface area contributed by atoms with Gasteiger partial charge in [0.2, 0.25) is 0 Å². The Morgan fingerprint density at radius 3 is 1.64 bits per heavy atom. The summed E-state index contributed by atoms with van der Waals surface area (Å²) in [5.74, 6) is 0. The molecule has 2 saturated heterocycles. The minimum Gasteiger partial charge on any atom is -0.303 e. The third-order valence-electron chi connectivity index (χ3n) is 9.47. The van der Waals surface area contributed by atoms with Crippen LogP contribution in [0.4, 0.5) is 0 Å². The summed E-state index contributed by atoms with van der Waals surface area (Å²) in [6.45, 7) is 7.43. The first kappa shape index (κ1) is 31.7. The SMILES string of the molecule is Brc1cnn2cc(-c3ccc(CCN4CCCCC4)cc3)cnc12.c1cc2ncc(-c3ccc(CCN4CCCCC4)cc3)cn2n1. The number of piperidine rings is 2. The second kappa shape index (κ2) is 15.3. The van der Waals surface area contributed by atoms with Crippen LogP contribution in [-0.2, 0) is 12.8 Å². The van der Waals surface area contributed by atoms with Crippen LogP contribution in [0.3, 0.4) is 0 Å². The van der Waals surface area contributed by atoms with Gasteiger partial charge >= 0.3 is 0 Å². The highest BCUT2D eigenvalue weighted by atomic mass is 79.9. The molecule has 2 aliphatic heterocycles. The van der Waals surface area contributed by atoms with Crippen LogP contribution in [0.1, 0.15) is 49.7 Å². The smallest absolute Gasteiger partial charge is 0.169 e. The molecule has 6 heterocycles. The molecule has 242 valence electrons. The van der Waals surface area contributed by atoms with E-state index in [0.717, 1.165) is 39.7 Å². The Labute approximate surface area is 285 Å². The fourth-order valence-corrected chi connectivity index (χ4v) is 7.00. The van der Waals surface area contributed by atoms with Crippen molar-refractivity contribution in [1.82, 2.24) is 39.0 Å². The van der Waals surface area contributed by atoms with Gasteiger partial charge in [0.05, 0.1) is 16.9 Å². The van der Waals surface area contributed by atoms with Gasteiger partial charge in [0.1, 0.15) is 0 Å². The van der Waals surface area contributed by atoms with E-state index in [9.17, 15) is 0 Å². The molecule has 0 atom stereocenters. The molecule has 0 N–H and O–H groups in total. The lowest BCUT2D eigenvalue weighted by atomic mass is 10.0. The van der Waals surface area contributed by atoms with Crippen LogP contribution in [0, 0.1) is 0 Å². The molecule has 2 aliphatic rings. The van der Waals surface area contributed by atoms with Crippen LogP contribution in [0.25, 0.3) is 33.5 Å². The summed E-state index contributed by atoms with van der Waals surface area (Å²) in [4.78, 5) is 14.1. The first-order valence-corrected chi connectivity index (χ1v) is 17.9. The highest BCUT2D eigenvalue weighted by Crippen LogP contribution is 2.23. The number of aromatic nitrogens is 6. The molecular formula is C38H43BrN8. The van der Waals surface area contributed by atoms with E-state index in [2.05, 4.69) is 94.4 Å². The Morgan fingerprint density at radius 1 is 0.532 bits per heavy atom. The zero-order valence-corrected chi connectivity index (χ0v) is 28.6. The summed E-state index contributed by atoms with van der Waals surface area (Å²) < 4.78 is 4.55. The van der Waals surface area contributed by atoms with E-state index in [1.807, 2.05) is 39.9 Å². The molecule has 0 amide bonds. The zero-order chi connectivity index (χ0) is 31.8. The number of fused-ring (bicyclic) bond motifs is 2. The van der Waals surface area contributed by atoms with Crippen molar-refractivity contribution in [1.29, 1.82) is 0 Å². The predicted molar refractivity (Wildman–Crippen MR) is 193 cm³/mol. The third kappa shape index (κ3) is 8.15. The van der Waals surface area contributed by atoms with Gasteiger partial charge in [-0.15, -0.1) is 0 Å². The van der Waals surface area contributed by atoms with Crippen LogP contribution in [0.2, 0.25) is 0 Å². The van der Waals surface area contributed by atoms with Crippen LogP contribution >= 0.6 is 15.9 Å². The normalized spacial score (nSPS) is 15.9. The molecular weight excluding hydrogens is 648 g/mol. The number of halogens is 1. The first-order chi connectivity index (χ1) is 23.2. The van der Waals surface area contributed by atoms with Crippen molar-refractivity contribution in [2.75, 3.05) is 39.3 Å². The van der Waals surface area contributed by atoms with Crippen molar-refractivity contribution < 1.29 is 0 Å². The Bertz CT molecular complexity index is 1870. The number of rotatable bonds is 8. The molecule has 0 unspecified atom stereocenters. The quantitative estimate of drug-likeness (QED) is 0.164. The van der Waals surface area contributed by atoms with E-state index < -0.39 is 0 Å². The average Bonchev–Trinajstić information content (AvgIpc) is 3.77. The molecule has 0 spiro atoms. The molecule has 8 rings (SSSR count). The number of hydrogen-bond acceptors (Lipinski definition) is 6. The topological polar surface area (TPSA) is 66.9 Å². The summed E-state index contributed by atoms with van der Waals surface area (Å²) in [6, 6.07) is 19.6. The molecule has 4 aromatic heterocycles. The highest BCUT2D eigenvalue weighted by molar-refractivity contribution is 9.10. The lowest BCUT2D eigenvalue weighted by Crippen LogP contribution is -2.31. The molecule has 2 aromatic carbocycles. The Balaban J connectivity index is 0.000000150. The van der Waals surface area contributed by atoms with Crippen LogP contribution < -0.4 is 0 Å². The Morgan fingerprint density at radius 2 is 1.06 bits per heavy atom. The Kier molecular flexibility index (Phi) is 10.3. The molecule has 9 heteroatoms. The number of likely N-dealkylation sites (tertiary alicyclic amines) is 2. The first-order valence-electron chi connectivity index (χ1n) is 17.1. The maximum atomic E-state index is 4.48. The maximum absolute atomic E-state index is 4.48. The Hall–Kier alpha value is -3.92. The van der Waals surface area contributed by atoms with Gasteiger partial charge in [-0.3, -0.25) is 0 Å². The van der Waals surface area contributed by atoms with E-state index in [0.29, 0.717) is 0 Å². The molecule has 0 saturated carbocycles. The molecule has 47 heavy (non-hydrogen) atoms. The summed E-state index contributed by atoms with van der Waals surface area (Å²) in [5.41, 5.74) is 9.09. The van der Waals surface area contributed by atoms with Crippen molar-refractivity contribution in [2.45, 2.75) is 51.4 Å². The van der Waals surface area contributed by atoms with Crippen molar-refractivity contribution >= 4 is 27.2 Å². The fourth-order valence-electron chi connectivity index (χ4n) is 6.62. The van der Waals surface area contributed by atoms with Gasteiger partial charge in [-0.25, -0.2) is 19.0 Å². The van der Waals surface area contributed by atoms with Crippen molar-refractivity contribution in [3.63, 3.8) is 0 Å². The predicted octanol–water partition coefficient (Wildman–Crippen LogP) is 7.61. The number of benzene rings is 2. The maximum Gasteiger partial charge on any atom is 0.169 e. The van der Waals surface area contributed by atoms with Gasteiger partial charge in [-0.1, -0.05) is 61.4 Å². The number of nitrogens with zero attached hydrogens (tertiary/aromatic N) is 8. The molecule has 8 nitrogen and oxygen atoms in total. The summed E-state index contributed by atoms with van der Waals surface area (Å²) in [6.07, 6.45) is 21.9. The second-order valence-electron chi connectivity index (χ2n) is 12.8. The van der Waals surface area contributed by atoms with E-state index in [1.165, 1.54) is 100 Å². The van der Waals surface area contributed by atoms with E-state index in [4.69, 9.17) is 0 Å². The van der Waals surface area contributed by atoms with Crippen molar-refractivity contribution in [2.24, 2.45) is 0 Å². The van der Waals surface area contributed by atoms with E-state index in [1.54, 1.807) is 12.4 Å². The van der Waals surface area contributed by atoms with Crippen molar-refractivity contribution in [3.8, 4) is 22.3 Å². The largest absolute Gasteiger partial charge is 0.303 e. The van der Waals surface area contributed by atoms with E-state index in [-0.39, 0.29) is 0 Å². The second-order valence-corrected chi connectivity index (χ2v) is 13.6. The van der Waals surface area contributed by atoms with E-state index >= 15 is 0 Å². The monoisotopic (exact) mass is 690 g/mol. The average molecular weight is 692 g/mol. The van der Waals surface area contributed by atoms with Crippen LogP contribution in [0.15, 0.2) is 96.3 Å². The molecule has 6 aromatic rings. The zero-order valence-electron chi connectivity index (χ0n) is 27.0. The minimum atomic E-state index is 0.844. The molecule has 0 radical (unpaired) electrons. The summed E-state index contributed by atoms with van der Waals surface area (Å²) >= 11 is 3.46. The highest BCUT2D eigenvalue weighted by Gasteiger charge is 2.11. The van der Waals surface area contributed by atoms with Gasteiger partial charge < -0.3 is 9.80 Å². The minimum absolute atomic E-state index is 0.844. The molecule has 0 bridgehead atoms. The summed E-state index contributed by atoms with van der Waals surface area (Å²) in [5, 5.41) is 8.56. The molecule has 0 aliphatic carbocycles. The van der Waals surface area contributed by atoms with Gasteiger partial charge in [0.25, 0.3) is 0 Å². The molecule has 2 fully saturated rings. The van der Waals surface area contributed by atoms with Crippen molar-refractivity contribution in [3.05, 3.63) is 107 Å².